The summed E-state index contributed by atoms with van der Waals surface area (Å²) in [4.78, 5) is 24.0. The van der Waals surface area contributed by atoms with Gasteiger partial charge >= 0.3 is 5.97 Å². The van der Waals surface area contributed by atoms with Gasteiger partial charge in [0.2, 0.25) is 5.91 Å². The van der Waals surface area contributed by atoms with Gasteiger partial charge < -0.3 is 20.1 Å². The molecule has 0 unspecified atom stereocenters. The molecule has 0 aromatic carbocycles. The lowest BCUT2D eigenvalue weighted by molar-refractivity contribution is -0.146. The van der Waals surface area contributed by atoms with Crippen LogP contribution in [-0.2, 0) is 14.3 Å². The Bertz CT molecular complexity index is 275. The molecule has 1 heterocycles. The zero-order valence-corrected chi connectivity index (χ0v) is 10.9. The van der Waals surface area contributed by atoms with E-state index in [2.05, 4.69) is 5.32 Å². The molecule has 0 bridgehead atoms. The molecule has 0 atom stereocenters. The van der Waals surface area contributed by atoms with Gasteiger partial charge in [-0.3, -0.25) is 4.79 Å². The van der Waals surface area contributed by atoms with Crippen molar-refractivity contribution in [3.05, 3.63) is 0 Å². The average molecular weight is 258 g/mol. The number of carbonyl (C=O) groups is 2. The molecule has 6 nitrogen and oxygen atoms in total. The van der Waals surface area contributed by atoms with Crippen LogP contribution in [0.15, 0.2) is 0 Å². The van der Waals surface area contributed by atoms with Crippen molar-refractivity contribution >= 4 is 11.9 Å². The summed E-state index contributed by atoms with van der Waals surface area (Å²) in [7, 11) is 1.87. The Morgan fingerprint density at radius 2 is 2.06 bits per heavy atom. The Hall–Kier alpha value is -1.14. The predicted octanol–water partition coefficient (Wildman–Crippen LogP) is 0.0782. The van der Waals surface area contributed by atoms with E-state index >= 15 is 0 Å². The van der Waals surface area contributed by atoms with Gasteiger partial charge in [0.15, 0.2) is 0 Å². The van der Waals surface area contributed by atoms with Gasteiger partial charge in [-0.05, 0) is 32.9 Å². The monoisotopic (exact) mass is 258 g/mol. The minimum absolute atomic E-state index is 0.0255. The van der Waals surface area contributed by atoms with Crippen molar-refractivity contribution in [2.24, 2.45) is 0 Å². The third-order valence-electron chi connectivity index (χ3n) is 3.05. The maximum absolute atomic E-state index is 11.8. The number of nitrogens with zero attached hydrogens (tertiary/aromatic N) is 1. The number of likely N-dealkylation sites (tertiary alicyclic amines) is 1. The molecule has 0 aromatic rings. The SMILES string of the molecule is CNCCCC(=O)N1CCC(OCC(=O)O)CC1. The second-order valence-corrected chi connectivity index (χ2v) is 4.49. The van der Waals surface area contributed by atoms with Crippen LogP contribution in [0.4, 0.5) is 0 Å². The van der Waals surface area contributed by atoms with Gasteiger partial charge in [0.05, 0.1) is 6.10 Å². The smallest absolute Gasteiger partial charge is 0.329 e. The molecule has 0 radical (unpaired) electrons. The van der Waals surface area contributed by atoms with E-state index in [-0.39, 0.29) is 18.6 Å². The summed E-state index contributed by atoms with van der Waals surface area (Å²) in [6, 6.07) is 0. The number of carboxylic acids is 1. The van der Waals surface area contributed by atoms with Crippen molar-refractivity contribution in [2.75, 3.05) is 33.3 Å². The van der Waals surface area contributed by atoms with E-state index in [0.29, 0.717) is 19.5 Å². The fourth-order valence-corrected chi connectivity index (χ4v) is 2.04. The Balaban J connectivity index is 2.17. The van der Waals surface area contributed by atoms with Crippen LogP contribution in [0, 0.1) is 0 Å². The summed E-state index contributed by atoms with van der Waals surface area (Å²) >= 11 is 0. The van der Waals surface area contributed by atoms with Gasteiger partial charge in [0, 0.05) is 19.5 Å². The summed E-state index contributed by atoms with van der Waals surface area (Å²) in [5, 5.41) is 11.5. The van der Waals surface area contributed by atoms with E-state index in [9.17, 15) is 9.59 Å². The van der Waals surface area contributed by atoms with Gasteiger partial charge in [-0.15, -0.1) is 0 Å². The Morgan fingerprint density at radius 3 is 2.61 bits per heavy atom. The third kappa shape index (κ3) is 5.46. The van der Waals surface area contributed by atoms with Gasteiger partial charge in [-0.25, -0.2) is 4.79 Å². The number of rotatable bonds is 7. The van der Waals surface area contributed by atoms with Gasteiger partial charge in [-0.2, -0.15) is 0 Å². The van der Waals surface area contributed by atoms with Crippen LogP contribution in [0.1, 0.15) is 25.7 Å². The zero-order chi connectivity index (χ0) is 13.4. The van der Waals surface area contributed by atoms with Crippen molar-refractivity contribution in [1.82, 2.24) is 10.2 Å². The number of aliphatic carboxylic acids is 1. The minimum atomic E-state index is -0.944. The van der Waals surface area contributed by atoms with Crippen molar-refractivity contribution in [2.45, 2.75) is 31.8 Å². The molecule has 1 saturated heterocycles. The van der Waals surface area contributed by atoms with Crippen LogP contribution >= 0.6 is 0 Å². The van der Waals surface area contributed by atoms with Crippen LogP contribution in [0.2, 0.25) is 0 Å². The van der Waals surface area contributed by atoms with Gasteiger partial charge in [0.25, 0.3) is 0 Å². The zero-order valence-electron chi connectivity index (χ0n) is 10.9. The Morgan fingerprint density at radius 1 is 1.39 bits per heavy atom. The molecule has 1 rings (SSSR count). The maximum atomic E-state index is 11.8. The second kappa shape index (κ2) is 8.05. The number of carboxylic acid groups (broad SMARTS) is 1. The molecule has 0 spiro atoms. The highest BCUT2D eigenvalue weighted by Crippen LogP contribution is 2.14. The van der Waals surface area contributed by atoms with Crippen LogP contribution in [-0.4, -0.2) is 61.3 Å². The highest BCUT2D eigenvalue weighted by atomic mass is 16.5. The quantitative estimate of drug-likeness (QED) is 0.632. The molecule has 0 aromatic heterocycles. The van der Waals surface area contributed by atoms with Crippen molar-refractivity contribution < 1.29 is 19.4 Å². The number of hydrogen-bond donors (Lipinski definition) is 2. The van der Waals surface area contributed by atoms with Crippen LogP contribution in [0.5, 0.6) is 0 Å². The van der Waals surface area contributed by atoms with E-state index in [1.165, 1.54) is 0 Å². The molecule has 6 heteroatoms. The third-order valence-corrected chi connectivity index (χ3v) is 3.05. The number of piperidine rings is 1. The minimum Gasteiger partial charge on any atom is -0.480 e. The van der Waals surface area contributed by atoms with Crippen molar-refractivity contribution in [1.29, 1.82) is 0 Å². The van der Waals surface area contributed by atoms with Gasteiger partial charge in [0.1, 0.15) is 6.61 Å². The topological polar surface area (TPSA) is 78.9 Å². The number of hydrogen-bond acceptors (Lipinski definition) is 4. The molecule has 104 valence electrons. The molecule has 1 fully saturated rings. The largest absolute Gasteiger partial charge is 0.480 e. The number of ether oxygens (including phenoxy) is 1. The average Bonchev–Trinajstić information content (AvgIpc) is 2.37. The molecule has 2 N–H and O–H groups in total. The van der Waals surface area contributed by atoms with E-state index in [0.717, 1.165) is 25.8 Å². The van der Waals surface area contributed by atoms with E-state index in [4.69, 9.17) is 9.84 Å². The van der Waals surface area contributed by atoms with E-state index in [1.54, 1.807) is 0 Å². The summed E-state index contributed by atoms with van der Waals surface area (Å²) in [5.74, 6) is -0.762. The molecule has 1 aliphatic heterocycles. The summed E-state index contributed by atoms with van der Waals surface area (Å²) in [5.41, 5.74) is 0. The maximum Gasteiger partial charge on any atom is 0.329 e. The first-order valence-corrected chi connectivity index (χ1v) is 6.39. The first kappa shape index (κ1) is 14.9. The molecule has 0 aliphatic carbocycles. The van der Waals surface area contributed by atoms with E-state index < -0.39 is 5.97 Å². The summed E-state index contributed by atoms with van der Waals surface area (Å²) < 4.78 is 5.22. The van der Waals surface area contributed by atoms with Crippen LogP contribution in [0.25, 0.3) is 0 Å². The summed E-state index contributed by atoms with van der Waals surface area (Å²) in [6.45, 7) is 1.94. The predicted molar refractivity (Wildman–Crippen MR) is 66.4 cm³/mol. The Kier molecular flexibility index (Phi) is 6.67. The molecular formula is C12H22N2O4. The number of nitrogens with one attached hydrogen (secondary N) is 1. The first-order valence-electron chi connectivity index (χ1n) is 6.39. The van der Waals surface area contributed by atoms with Crippen LogP contribution < -0.4 is 5.32 Å². The van der Waals surface area contributed by atoms with Crippen molar-refractivity contribution in [3.8, 4) is 0 Å². The fourth-order valence-electron chi connectivity index (χ4n) is 2.04. The Labute approximate surface area is 107 Å². The lowest BCUT2D eigenvalue weighted by Gasteiger charge is -2.31. The highest BCUT2D eigenvalue weighted by Gasteiger charge is 2.23. The normalized spacial score (nSPS) is 16.8. The number of amides is 1. The molecule has 1 amide bonds. The highest BCUT2D eigenvalue weighted by molar-refractivity contribution is 5.76. The van der Waals surface area contributed by atoms with Gasteiger partial charge in [-0.1, -0.05) is 0 Å². The fraction of sp³-hybridized carbons (Fsp3) is 0.833. The first-order chi connectivity index (χ1) is 8.63. The summed E-state index contributed by atoms with van der Waals surface area (Å²) in [6.07, 6.45) is 2.85. The van der Waals surface area contributed by atoms with E-state index in [1.807, 2.05) is 11.9 Å². The van der Waals surface area contributed by atoms with Crippen molar-refractivity contribution in [3.63, 3.8) is 0 Å². The standard InChI is InChI=1S/C12H22N2O4/c1-13-6-2-3-11(15)14-7-4-10(5-8-14)18-9-12(16)17/h10,13H,2-9H2,1H3,(H,16,17). The van der Waals surface area contributed by atoms with Crippen LogP contribution in [0.3, 0.4) is 0 Å². The lowest BCUT2D eigenvalue weighted by Crippen LogP contribution is -2.41. The second-order valence-electron chi connectivity index (χ2n) is 4.49. The lowest BCUT2D eigenvalue weighted by atomic mass is 10.1. The number of carbonyl (C=O) groups excluding carboxylic acids is 1. The molecular weight excluding hydrogens is 236 g/mol. The molecule has 18 heavy (non-hydrogen) atoms. The molecule has 0 saturated carbocycles. The molecule has 1 aliphatic rings.